The molecular weight excluding hydrogens is 391 g/mol. The third-order valence-electron chi connectivity index (χ3n) is 3.64. The summed E-state index contributed by atoms with van der Waals surface area (Å²) in [5, 5.41) is 6.04. The van der Waals surface area contributed by atoms with E-state index >= 15 is 0 Å². The largest absolute Gasteiger partial charge is 0.347 e. The number of carbonyl (C=O) groups excluding carboxylic acids is 1. The van der Waals surface area contributed by atoms with Crippen molar-refractivity contribution in [1.29, 1.82) is 0 Å². The van der Waals surface area contributed by atoms with Gasteiger partial charge in [0.25, 0.3) is 0 Å². The Bertz CT molecular complexity index is 513. The van der Waals surface area contributed by atoms with Crippen LogP contribution in [0.25, 0.3) is 0 Å². The monoisotopic (exact) mass is 416 g/mol. The van der Waals surface area contributed by atoms with Crippen LogP contribution in [0.1, 0.15) is 25.3 Å². The van der Waals surface area contributed by atoms with E-state index in [2.05, 4.69) is 33.5 Å². The lowest BCUT2D eigenvalue weighted by Crippen LogP contribution is -2.42. The quantitative estimate of drug-likeness (QED) is 0.451. The first-order valence-electron chi connectivity index (χ1n) is 7.57. The van der Waals surface area contributed by atoms with E-state index in [0.717, 1.165) is 31.2 Å². The van der Waals surface area contributed by atoms with Gasteiger partial charge in [0, 0.05) is 25.8 Å². The summed E-state index contributed by atoms with van der Waals surface area (Å²) in [7, 11) is 1.75. The number of guanidine groups is 1. The van der Waals surface area contributed by atoms with Crippen LogP contribution in [0.2, 0.25) is 0 Å². The Hall–Kier alpha value is -1.31. The van der Waals surface area contributed by atoms with Gasteiger partial charge in [-0.25, -0.2) is 0 Å². The maximum atomic E-state index is 12.0. The molecule has 0 aliphatic carbocycles. The number of aliphatic imine (C=N–C) groups is 1. The van der Waals surface area contributed by atoms with Crippen molar-refractivity contribution >= 4 is 41.5 Å². The predicted molar refractivity (Wildman–Crippen MR) is 102 cm³/mol. The first kappa shape index (κ1) is 18.7. The Kier molecular flexibility index (Phi) is 8.22. The van der Waals surface area contributed by atoms with Crippen LogP contribution in [-0.4, -0.2) is 43.4 Å². The molecule has 1 aromatic rings. The zero-order chi connectivity index (χ0) is 15.1. The smallest absolute Gasteiger partial charge is 0.243 e. The summed E-state index contributed by atoms with van der Waals surface area (Å²) in [6.07, 6.45) is 3.34. The number of nitrogens with one attached hydrogen (secondary N) is 2. The molecule has 1 heterocycles. The fraction of sp³-hybridized carbons (Fsp3) is 0.500. The molecule has 22 heavy (non-hydrogen) atoms. The molecule has 0 bridgehead atoms. The van der Waals surface area contributed by atoms with Gasteiger partial charge in [0.2, 0.25) is 5.91 Å². The number of nitrogens with zero attached hydrogens (tertiary/aromatic N) is 2. The Morgan fingerprint density at radius 1 is 1.32 bits per heavy atom. The summed E-state index contributed by atoms with van der Waals surface area (Å²) >= 11 is 0. The van der Waals surface area contributed by atoms with E-state index < -0.39 is 0 Å². The molecule has 1 aromatic carbocycles. The van der Waals surface area contributed by atoms with Crippen molar-refractivity contribution in [2.75, 3.05) is 32.0 Å². The average molecular weight is 416 g/mol. The summed E-state index contributed by atoms with van der Waals surface area (Å²) in [5.41, 5.74) is 2.06. The maximum absolute atomic E-state index is 12.0. The molecule has 1 aliphatic heterocycles. The van der Waals surface area contributed by atoms with Crippen molar-refractivity contribution in [2.45, 2.75) is 26.2 Å². The lowest BCUT2D eigenvalue weighted by atomic mass is 10.1. The lowest BCUT2D eigenvalue weighted by Gasteiger charge is -2.20. The van der Waals surface area contributed by atoms with Gasteiger partial charge in [0.05, 0.1) is 6.54 Å². The van der Waals surface area contributed by atoms with Crippen molar-refractivity contribution in [3.8, 4) is 0 Å². The van der Waals surface area contributed by atoms with E-state index in [4.69, 9.17) is 0 Å². The topological polar surface area (TPSA) is 56.7 Å². The van der Waals surface area contributed by atoms with Crippen LogP contribution in [0.4, 0.5) is 5.69 Å². The number of amides is 1. The van der Waals surface area contributed by atoms with Crippen LogP contribution < -0.4 is 10.6 Å². The standard InChI is InChI=1S/C16H24N4O.HI/c1-3-13-7-6-8-14(11-13)19-15(21)12-18-16(17-2)20-9-4-5-10-20;/h6-8,11H,3-5,9-10,12H2,1-2H3,(H,17,18)(H,19,21);1H. The van der Waals surface area contributed by atoms with E-state index in [1.54, 1.807) is 7.05 Å². The molecule has 0 aromatic heterocycles. The molecule has 0 unspecified atom stereocenters. The highest BCUT2D eigenvalue weighted by atomic mass is 127. The predicted octanol–water partition coefficient (Wildman–Crippen LogP) is 2.48. The minimum absolute atomic E-state index is 0. The lowest BCUT2D eigenvalue weighted by molar-refractivity contribution is -0.115. The molecule has 2 N–H and O–H groups in total. The normalized spacial score (nSPS) is 14.5. The van der Waals surface area contributed by atoms with Gasteiger partial charge < -0.3 is 15.5 Å². The van der Waals surface area contributed by atoms with Gasteiger partial charge in [-0.3, -0.25) is 9.79 Å². The van der Waals surface area contributed by atoms with Crippen LogP contribution in [0, 0.1) is 0 Å². The number of carbonyl (C=O) groups is 1. The van der Waals surface area contributed by atoms with Crippen molar-refractivity contribution in [1.82, 2.24) is 10.2 Å². The Labute approximate surface area is 149 Å². The average Bonchev–Trinajstić information content (AvgIpc) is 3.02. The van der Waals surface area contributed by atoms with E-state index in [1.165, 1.54) is 18.4 Å². The van der Waals surface area contributed by atoms with E-state index in [9.17, 15) is 4.79 Å². The fourth-order valence-corrected chi connectivity index (χ4v) is 2.49. The fourth-order valence-electron chi connectivity index (χ4n) is 2.49. The second kappa shape index (κ2) is 9.66. The van der Waals surface area contributed by atoms with Gasteiger partial charge in [0.1, 0.15) is 0 Å². The van der Waals surface area contributed by atoms with Gasteiger partial charge in [-0.15, -0.1) is 24.0 Å². The van der Waals surface area contributed by atoms with Gasteiger partial charge >= 0.3 is 0 Å². The SMILES string of the molecule is CCc1cccc(NC(=O)CNC(=NC)N2CCCC2)c1.I. The number of aryl methyl sites for hydroxylation is 1. The highest BCUT2D eigenvalue weighted by Crippen LogP contribution is 2.11. The first-order chi connectivity index (χ1) is 10.2. The molecule has 2 rings (SSSR count). The van der Waals surface area contributed by atoms with Gasteiger partial charge in [0.15, 0.2) is 5.96 Å². The summed E-state index contributed by atoms with van der Waals surface area (Å²) in [6, 6.07) is 7.94. The molecule has 122 valence electrons. The molecule has 6 heteroatoms. The maximum Gasteiger partial charge on any atom is 0.243 e. The van der Waals surface area contributed by atoms with E-state index in [1.807, 2.05) is 18.2 Å². The third-order valence-corrected chi connectivity index (χ3v) is 3.64. The zero-order valence-corrected chi connectivity index (χ0v) is 15.6. The first-order valence-corrected chi connectivity index (χ1v) is 7.57. The van der Waals surface area contributed by atoms with E-state index in [-0.39, 0.29) is 36.4 Å². The van der Waals surface area contributed by atoms with Crippen molar-refractivity contribution in [3.63, 3.8) is 0 Å². The number of anilines is 1. The van der Waals surface area contributed by atoms with Crippen LogP contribution in [0.3, 0.4) is 0 Å². The van der Waals surface area contributed by atoms with Crippen molar-refractivity contribution in [2.24, 2.45) is 4.99 Å². The summed E-state index contributed by atoms with van der Waals surface area (Å²) < 4.78 is 0. The molecular formula is C16H25IN4O. The number of benzene rings is 1. The Morgan fingerprint density at radius 2 is 2.05 bits per heavy atom. The van der Waals surface area contributed by atoms with Gasteiger partial charge in [-0.05, 0) is 37.0 Å². The van der Waals surface area contributed by atoms with Gasteiger partial charge in [-0.2, -0.15) is 0 Å². The zero-order valence-electron chi connectivity index (χ0n) is 13.3. The molecule has 0 saturated carbocycles. The Balaban J connectivity index is 0.00000242. The molecule has 1 saturated heterocycles. The number of hydrogen-bond acceptors (Lipinski definition) is 2. The molecule has 0 atom stereocenters. The summed E-state index contributed by atoms with van der Waals surface area (Å²) in [6.45, 7) is 4.36. The number of rotatable bonds is 4. The highest BCUT2D eigenvalue weighted by molar-refractivity contribution is 14.0. The second-order valence-electron chi connectivity index (χ2n) is 5.20. The molecule has 1 aliphatic rings. The van der Waals surface area contributed by atoms with Crippen LogP contribution in [0.5, 0.6) is 0 Å². The van der Waals surface area contributed by atoms with Crippen LogP contribution in [0.15, 0.2) is 29.3 Å². The second-order valence-corrected chi connectivity index (χ2v) is 5.20. The number of likely N-dealkylation sites (tertiary alicyclic amines) is 1. The Morgan fingerprint density at radius 3 is 2.68 bits per heavy atom. The number of halogens is 1. The minimum atomic E-state index is -0.0522. The minimum Gasteiger partial charge on any atom is -0.347 e. The van der Waals surface area contributed by atoms with Crippen molar-refractivity contribution < 1.29 is 4.79 Å². The number of hydrogen-bond donors (Lipinski definition) is 2. The van der Waals surface area contributed by atoms with Crippen molar-refractivity contribution in [3.05, 3.63) is 29.8 Å². The molecule has 0 radical (unpaired) electrons. The van der Waals surface area contributed by atoms with Gasteiger partial charge in [-0.1, -0.05) is 19.1 Å². The highest BCUT2D eigenvalue weighted by Gasteiger charge is 2.16. The molecule has 5 nitrogen and oxygen atoms in total. The van der Waals surface area contributed by atoms with E-state index in [0.29, 0.717) is 0 Å². The summed E-state index contributed by atoms with van der Waals surface area (Å²) in [5.74, 6) is 0.758. The molecule has 0 spiro atoms. The van der Waals surface area contributed by atoms with Crippen LogP contribution in [-0.2, 0) is 11.2 Å². The molecule has 1 amide bonds. The molecule has 1 fully saturated rings. The summed E-state index contributed by atoms with van der Waals surface area (Å²) in [4.78, 5) is 18.4. The third kappa shape index (κ3) is 5.47. The van der Waals surface area contributed by atoms with Crippen LogP contribution >= 0.6 is 24.0 Å².